The Morgan fingerprint density at radius 1 is 0.893 bits per heavy atom. The summed E-state index contributed by atoms with van der Waals surface area (Å²) < 4.78 is 1.22. The summed E-state index contributed by atoms with van der Waals surface area (Å²) in [5, 5.41) is 1.13. The molecule has 0 spiro atoms. The zero-order valence-electron chi connectivity index (χ0n) is 15.3. The standard InChI is InChI=1S/C21H19N5OS/c27-21(18-13-22-15-5-1-2-6-16(15)23-18)26-11-9-25(10-12-26)14-20-24-17-7-3-4-8-19(17)28-20/h1-8,13H,9-12,14H2. The zero-order valence-corrected chi connectivity index (χ0v) is 16.1. The smallest absolute Gasteiger partial charge is 0.274 e. The number of aromatic nitrogens is 3. The van der Waals surface area contributed by atoms with Crippen LogP contribution in [0.15, 0.2) is 54.7 Å². The van der Waals surface area contributed by atoms with Gasteiger partial charge in [0.05, 0.1) is 34.0 Å². The van der Waals surface area contributed by atoms with E-state index in [2.05, 4.69) is 27.0 Å². The average molecular weight is 389 g/mol. The number of amides is 1. The van der Waals surface area contributed by atoms with Crippen LogP contribution in [-0.2, 0) is 6.54 Å². The maximum Gasteiger partial charge on any atom is 0.274 e. The first-order valence-corrected chi connectivity index (χ1v) is 10.2. The van der Waals surface area contributed by atoms with Gasteiger partial charge in [-0.1, -0.05) is 24.3 Å². The largest absolute Gasteiger partial charge is 0.335 e. The monoisotopic (exact) mass is 389 g/mol. The molecule has 28 heavy (non-hydrogen) atoms. The minimum Gasteiger partial charge on any atom is -0.335 e. The first-order chi connectivity index (χ1) is 13.8. The SMILES string of the molecule is O=C(c1cnc2ccccc2n1)N1CCN(Cc2nc3ccccc3s2)CC1. The van der Waals surface area contributed by atoms with Gasteiger partial charge in [-0.3, -0.25) is 14.7 Å². The highest BCUT2D eigenvalue weighted by Gasteiger charge is 2.24. The summed E-state index contributed by atoms with van der Waals surface area (Å²) in [4.78, 5) is 30.6. The number of piperazine rings is 1. The molecule has 2 aromatic heterocycles. The van der Waals surface area contributed by atoms with Crippen molar-refractivity contribution in [1.29, 1.82) is 0 Å². The Bertz CT molecular complexity index is 1120. The van der Waals surface area contributed by atoms with Gasteiger partial charge in [0.25, 0.3) is 5.91 Å². The third kappa shape index (κ3) is 3.34. The van der Waals surface area contributed by atoms with Gasteiger partial charge in [-0.05, 0) is 24.3 Å². The van der Waals surface area contributed by atoms with Crippen molar-refractivity contribution in [2.75, 3.05) is 26.2 Å². The van der Waals surface area contributed by atoms with Crippen molar-refractivity contribution >= 4 is 38.5 Å². The van der Waals surface area contributed by atoms with Crippen LogP contribution in [0, 0.1) is 0 Å². The summed E-state index contributed by atoms with van der Waals surface area (Å²) in [6.45, 7) is 3.89. The van der Waals surface area contributed by atoms with Crippen molar-refractivity contribution in [3.63, 3.8) is 0 Å². The Hall–Kier alpha value is -2.90. The lowest BCUT2D eigenvalue weighted by molar-refractivity contribution is 0.0622. The van der Waals surface area contributed by atoms with Crippen molar-refractivity contribution < 1.29 is 4.79 Å². The second-order valence-corrected chi connectivity index (χ2v) is 8.00. The molecule has 0 radical (unpaired) electrons. The molecule has 0 bridgehead atoms. The van der Waals surface area contributed by atoms with Gasteiger partial charge in [0.1, 0.15) is 10.7 Å². The van der Waals surface area contributed by atoms with E-state index in [0.717, 1.165) is 41.2 Å². The predicted octanol–water partition coefficient (Wildman–Crippen LogP) is 3.20. The molecule has 1 saturated heterocycles. The molecule has 2 aromatic carbocycles. The number of fused-ring (bicyclic) bond motifs is 2. The van der Waals surface area contributed by atoms with E-state index in [-0.39, 0.29) is 5.91 Å². The molecule has 1 aliphatic rings. The lowest BCUT2D eigenvalue weighted by Crippen LogP contribution is -2.48. The second kappa shape index (κ2) is 7.26. The molecule has 5 rings (SSSR count). The molecule has 1 aliphatic heterocycles. The average Bonchev–Trinajstić information content (AvgIpc) is 3.16. The summed E-state index contributed by atoms with van der Waals surface area (Å²) >= 11 is 1.74. The van der Waals surface area contributed by atoms with Crippen LogP contribution in [0.3, 0.4) is 0 Å². The molecule has 7 heteroatoms. The highest BCUT2D eigenvalue weighted by atomic mass is 32.1. The van der Waals surface area contributed by atoms with E-state index in [1.807, 2.05) is 41.3 Å². The highest BCUT2D eigenvalue weighted by Crippen LogP contribution is 2.23. The van der Waals surface area contributed by atoms with Gasteiger partial charge in [-0.2, -0.15) is 0 Å². The first kappa shape index (κ1) is 17.2. The van der Waals surface area contributed by atoms with Crippen LogP contribution in [-0.4, -0.2) is 56.8 Å². The third-order valence-electron chi connectivity index (χ3n) is 5.02. The van der Waals surface area contributed by atoms with Crippen molar-refractivity contribution in [1.82, 2.24) is 24.8 Å². The number of hydrogen-bond acceptors (Lipinski definition) is 6. The predicted molar refractivity (Wildman–Crippen MR) is 110 cm³/mol. The molecule has 4 aromatic rings. The zero-order chi connectivity index (χ0) is 18.9. The quantitative estimate of drug-likeness (QED) is 0.538. The first-order valence-electron chi connectivity index (χ1n) is 9.34. The van der Waals surface area contributed by atoms with Gasteiger partial charge in [0.2, 0.25) is 0 Å². The fourth-order valence-corrected chi connectivity index (χ4v) is 4.52. The van der Waals surface area contributed by atoms with Crippen LogP contribution in [0.2, 0.25) is 0 Å². The Kier molecular flexibility index (Phi) is 4.46. The highest BCUT2D eigenvalue weighted by molar-refractivity contribution is 7.18. The molecule has 6 nitrogen and oxygen atoms in total. The van der Waals surface area contributed by atoms with E-state index in [0.29, 0.717) is 18.8 Å². The Morgan fingerprint density at radius 3 is 2.39 bits per heavy atom. The van der Waals surface area contributed by atoms with E-state index in [4.69, 9.17) is 4.98 Å². The molecule has 3 heterocycles. The summed E-state index contributed by atoms with van der Waals surface area (Å²) in [5.74, 6) is -0.0436. The maximum absolute atomic E-state index is 12.8. The second-order valence-electron chi connectivity index (χ2n) is 6.89. The molecule has 0 unspecified atom stereocenters. The number of benzene rings is 2. The van der Waals surface area contributed by atoms with Crippen molar-refractivity contribution in [3.8, 4) is 0 Å². The van der Waals surface area contributed by atoms with Crippen LogP contribution in [0.25, 0.3) is 21.3 Å². The van der Waals surface area contributed by atoms with Crippen LogP contribution in [0.5, 0.6) is 0 Å². The number of carbonyl (C=O) groups excluding carboxylic acids is 1. The molecule has 0 atom stereocenters. The Labute approximate surface area is 166 Å². The molecule has 1 fully saturated rings. The molecule has 0 N–H and O–H groups in total. The fraction of sp³-hybridized carbons (Fsp3) is 0.238. The van der Waals surface area contributed by atoms with E-state index < -0.39 is 0 Å². The van der Waals surface area contributed by atoms with E-state index in [1.165, 1.54) is 4.70 Å². The molecular formula is C21H19N5OS. The van der Waals surface area contributed by atoms with Gasteiger partial charge >= 0.3 is 0 Å². The minimum atomic E-state index is -0.0436. The van der Waals surface area contributed by atoms with Gasteiger partial charge in [-0.15, -0.1) is 11.3 Å². The van der Waals surface area contributed by atoms with Gasteiger partial charge in [-0.25, -0.2) is 9.97 Å². The lowest BCUT2D eigenvalue weighted by atomic mass is 10.2. The minimum absolute atomic E-state index is 0.0436. The van der Waals surface area contributed by atoms with Crippen LogP contribution >= 0.6 is 11.3 Å². The summed E-state index contributed by atoms with van der Waals surface area (Å²) in [6, 6.07) is 15.8. The van der Waals surface area contributed by atoms with Crippen LogP contribution in [0.1, 0.15) is 15.5 Å². The van der Waals surface area contributed by atoms with Gasteiger partial charge < -0.3 is 4.90 Å². The van der Waals surface area contributed by atoms with Crippen molar-refractivity contribution in [3.05, 3.63) is 65.4 Å². The molecule has 0 saturated carbocycles. The van der Waals surface area contributed by atoms with E-state index >= 15 is 0 Å². The molecule has 0 aliphatic carbocycles. The van der Waals surface area contributed by atoms with E-state index in [9.17, 15) is 4.79 Å². The number of thiazole rings is 1. The molecular weight excluding hydrogens is 370 g/mol. The maximum atomic E-state index is 12.8. The summed E-state index contributed by atoms with van der Waals surface area (Å²) in [7, 11) is 0. The van der Waals surface area contributed by atoms with E-state index in [1.54, 1.807) is 17.5 Å². The number of hydrogen-bond donors (Lipinski definition) is 0. The number of nitrogens with zero attached hydrogens (tertiary/aromatic N) is 5. The van der Waals surface area contributed by atoms with Crippen LogP contribution < -0.4 is 0 Å². The number of para-hydroxylation sites is 3. The van der Waals surface area contributed by atoms with Crippen molar-refractivity contribution in [2.45, 2.75) is 6.54 Å². The van der Waals surface area contributed by atoms with Gasteiger partial charge in [0, 0.05) is 26.2 Å². The topological polar surface area (TPSA) is 62.2 Å². The Morgan fingerprint density at radius 2 is 1.61 bits per heavy atom. The molecule has 1 amide bonds. The normalized spacial score (nSPS) is 15.4. The van der Waals surface area contributed by atoms with Gasteiger partial charge in [0.15, 0.2) is 0 Å². The molecule has 140 valence electrons. The third-order valence-corrected chi connectivity index (χ3v) is 6.05. The summed E-state index contributed by atoms with van der Waals surface area (Å²) in [6.07, 6.45) is 1.58. The Balaban J connectivity index is 1.24. The van der Waals surface area contributed by atoms with Crippen molar-refractivity contribution in [2.24, 2.45) is 0 Å². The number of carbonyl (C=O) groups is 1. The lowest BCUT2D eigenvalue weighted by Gasteiger charge is -2.34. The fourth-order valence-electron chi connectivity index (χ4n) is 3.51. The number of rotatable bonds is 3. The van der Waals surface area contributed by atoms with Crippen LogP contribution in [0.4, 0.5) is 0 Å². The summed E-state index contributed by atoms with van der Waals surface area (Å²) in [5.41, 5.74) is 3.03.